The van der Waals surface area contributed by atoms with E-state index < -0.39 is 6.10 Å². The molecule has 0 radical (unpaired) electrons. The van der Waals surface area contributed by atoms with Gasteiger partial charge < -0.3 is 5.11 Å². The van der Waals surface area contributed by atoms with Gasteiger partial charge in [0, 0.05) is 0 Å². The zero-order chi connectivity index (χ0) is 7.65. The molecule has 0 bridgehead atoms. The summed E-state index contributed by atoms with van der Waals surface area (Å²) in [6.45, 7) is 7.75. The molecule has 1 N–H and O–H groups in total. The molecule has 0 aromatic heterocycles. The van der Waals surface area contributed by atoms with Gasteiger partial charge in [-0.05, 0) is 12.3 Å². The Balaban J connectivity index is 3.88. The molecule has 0 aliphatic carbocycles. The van der Waals surface area contributed by atoms with Gasteiger partial charge in [0.2, 0.25) is 0 Å². The fourth-order valence-corrected chi connectivity index (χ4v) is 0.724. The molecule has 0 heterocycles. The van der Waals surface area contributed by atoms with Gasteiger partial charge in [-0.2, -0.15) is 0 Å². The zero-order valence-electron chi connectivity index (χ0n) is 6.48. The Morgan fingerprint density at radius 2 is 1.67 bits per heavy atom. The Bertz CT molecular complexity index is 83.4. The molecule has 0 spiro atoms. The fourth-order valence-electron chi connectivity index (χ4n) is 0.724. The third-order valence-electron chi connectivity index (χ3n) is 1.25. The molecule has 0 saturated heterocycles. The molecule has 0 aliphatic heterocycles. The van der Waals surface area contributed by atoms with E-state index >= 15 is 0 Å². The summed E-state index contributed by atoms with van der Waals surface area (Å²) >= 11 is 5.84. The predicted molar refractivity (Wildman–Crippen MR) is 40.8 cm³/mol. The summed E-state index contributed by atoms with van der Waals surface area (Å²) in [5.74, 6) is 0. The van der Waals surface area contributed by atoms with E-state index in [4.69, 9.17) is 16.7 Å². The maximum atomic E-state index is 9.02. The van der Waals surface area contributed by atoms with Crippen molar-refractivity contribution in [2.75, 3.05) is 0 Å². The summed E-state index contributed by atoms with van der Waals surface area (Å²) in [5, 5.41) is 8.87. The lowest BCUT2D eigenvalue weighted by atomic mass is 9.89. The van der Waals surface area contributed by atoms with E-state index in [2.05, 4.69) is 0 Å². The lowest BCUT2D eigenvalue weighted by Crippen LogP contribution is -2.30. The first-order valence-corrected chi connectivity index (χ1v) is 3.61. The van der Waals surface area contributed by atoms with E-state index in [0.717, 1.165) is 0 Å². The fraction of sp³-hybridized carbons (Fsp3) is 1.00. The predicted octanol–water partition coefficient (Wildman–Crippen LogP) is 2.02. The first kappa shape index (κ1) is 9.25. The molecule has 2 heteroatoms. The lowest BCUT2D eigenvalue weighted by molar-refractivity contribution is 0.144. The van der Waals surface area contributed by atoms with Gasteiger partial charge in [-0.1, -0.05) is 20.8 Å². The average Bonchev–Trinajstić information content (AvgIpc) is 1.62. The van der Waals surface area contributed by atoms with Crippen LogP contribution < -0.4 is 0 Å². The highest BCUT2D eigenvalue weighted by molar-refractivity contribution is 6.21. The summed E-state index contributed by atoms with van der Waals surface area (Å²) in [5.41, 5.74) is -0.00424. The second-order valence-corrected chi connectivity index (χ2v) is 3.98. The summed E-state index contributed by atoms with van der Waals surface area (Å²) in [4.78, 5) is 0. The van der Waals surface area contributed by atoms with Gasteiger partial charge in [0.1, 0.15) is 0 Å². The quantitative estimate of drug-likeness (QED) is 0.568. The van der Waals surface area contributed by atoms with Crippen LogP contribution >= 0.6 is 11.6 Å². The van der Waals surface area contributed by atoms with Crippen LogP contribution in [0.2, 0.25) is 0 Å². The first-order chi connectivity index (χ1) is 3.85. The van der Waals surface area contributed by atoms with Crippen LogP contribution in [0.5, 0.6) is 0 Å². The maximum Gasteiger partial charge on any atom is 0.0680 e. The van der Waals surface area contributed by atoms with Crippen molar-refractivity contribution < 1.29 is 5.11 Å². The summed E-state index contributed by atoms with van der Waals surface area (Å²) in [7, 11) is 0. The molecule has 0 aromatic carbocycles. The van der Waals surface area contributed by atoms with Crippen molar-refractivity contribution in [2.24, 2.45) is 5.41 Å². The van der Waals surface area contributed by atoms with Crippen molar-refractivity contribution in [3.63, 3.8) is 0 Å². The van der Waals surface area contributed by atoms with Crippen LogP contribution in [-0.4, -0.2) is 16.6 Å². The second-order valence-electron chi connectivity index (χ2n) is 3.51. The highest BCUT2D eigenvalue weighted by atomic mass is 35.5. The Labute approximate surface area is 62.0 Å². The summed E-state index contributed by atoms with van der Waals surface area (Å²) in [6, 6.07) is 0. The molecule has 0 aromatic rings. The highest BCUT2D eigenvalue weighted by Gasteiger charge is 2.25. The first-order valence-electron chi connectivity index (χ1n) is 3.18. The molecular formula is C7H15ClO. The monoisotopic (exact) mass is 150 g/mol. The Hall–Kier alpha value is 0.250. The van der Waals surface area contributed by atoms with Crippen molar-refractivity contribution in [3.05, 3.63) is 0 Å². The van der Waals surface area contributed by atoms with Crippen LogP contribution in [0.3, 0.4) is 0 Å². The van der Waals surface area contributed by atoms with Crippen molar-refractivity contribution in [1.29, 1.82) is 0 Å². The summed E-state index contributed by atoms with van der Waals surface area (Å²) < 4.78 is 0. The van der Waals surface area contributed by atoms with E-state index in [1.807, 2.05) is 20.8 Å². The molecule has 56 valence electrons. The average molecular weight is 151 g/mol. The molecule has 0 aliphatic rings. The number of hydrogen-bond donors (Lipinski definition) is 1. The van der Waals surface area contributed by atoms with E-state index in [-0.39, 0.29) is 10.8 Å². The van der Waals surface area contributed by atoms with Crippen LogP contribution in [0.15, 0.2) is 0 Å². The number of alkyl halides is 1. The topological polar surface area (TPSA) is 20.2 Å². The van der Waals surface area contributed by atoms with Crippen LogP contribution in [0.25, 0.3) is 0 Å². The van der Waals surface area contributed by atoms with E-state index in [9.17, 15) is 0 Å². The molecular weight excluding hydrogens is 136 g/mol. The number of rotatable bonds is 1. The van der Waals surface area contributed by atoms with Crippen molar-refractivity contribution in [1.82, 2.24) is 0 Å². The number of aliphatic hydroxyl groups excluding tert-OH is 1. The van der Waals surface area contributed by atoms with Gasteiger partial charge >= 0.3 is 0 Å². The van der Waals surface area contributed by atoms with Gasteiger partial charge in [0.15, 0.2) is 0 Å². The normalized spacial score (nSPS) is 19.3. The Kier molecular flexibility index (Phi) is 2.97. The Morgan fingerprint density at radius 1 is 1.33 bits per heavy atom. The molecule has 2 atom stereocenters. The number of hydrogen-bond acceptors (Lipinski definition) is 1. The van der Waals surface area contributed by atoms with E-state index in [1.54, 1.807) is 6.92 Å². The number of aliphatic hydroxyl groups is 1. The minimum atomic E-state index is -0.424. The van der Waals surface area contributed by atoms with Crippen LogP contribution in [0, 0.1) is 5.41 Å². The molecule has 2 unspecified atom stereocenters. The van der Waals surface area contributed by atoms with Crippen LogP contribution in [0.1, 0.15) is 27.7 Å². The van der Waals surface area contributed by atoms with E-state index in [1.165, 1.54) is 0 Å². The molecule has 0 rings (SSSR count). The van der Waals surface area contributed by atoms with Crippen molar-refractivity contribution in [2.45, 2.75) is 39.2 Å². The van der Waals surface area contributed by atoms with Crippen LogP contribution in [0.4, 0.5) is 0 Å². The Morgan fingerprint density at radius 3 is 1.67 bits per heavy atom. The molecule has 1 nitrogen and oxygen atoms in total. The minimum Gasteiger partial charge on any atom is -0.392 e. The number of halogens is 1. The molecule has 0 fully saturated rings. The molecule has 9 heavy (non-hydrogen) atoms. The van der Waals surface area contributed by atoms with Crippen molar-refractivity contribution in [3.8, 4) is 0 Å². The molecule has 0 saturated carbocycles. The maximum absolute atomic E-state index is 9.02. The van der Waals surface area contributed by atoms with Crippen LogP contribution in [-0.2, 0) is 0 Å². The SMILES string of the molecule is CC(O)C(Cl)C(C)(C)C. The smallest absolute Gasteiger partial charge is 0.0680 e. The third-order valence-corrected chi connectivity index (χ3v) is 2.27. The van der Waals surface area contributed by atoms with Gasteiger partial charge in [-0.25, -0.2) is 0 Å². The van der Waals surface area contributed by atoms with Crippen molar-refractivity contribution >= 4 is 11.6 Å². The largest absolute Gasteiger partial charge is 0.392 e. The lowest BCUT2D eigenvalue weighted by Gasteiger charge is -2.27. The van der Waals surface area contributed by atoms with Gasteiger partial charge in [0.05, 0.1) is 11.5 Å². The standard InChI is InChI=1S/C7H15ClO/c1-5(9)6(8)7(2,3)4/h5-6,9H,1-4H3. The minimum absolute atomic E-state index is 0.00424. The van der Waals surface area contributed by atoms with Gasteiger partial charge in [0.25, 0.3) is 0 Å². The third kappa shape index (κ3) is 3.07. The van der Waals surface area contributed by atoms with Gasteiger partial charge in [-0.15, -0.1) is 11.6 Å². The second kappa shape index (κ2) is 2.89. The van der Waals surface area contributed by atoms with E-state index in [0.29, 0.717) is 0 Å². The van der Waals surface area contributed by atoms with Gasteiger partial charge in [-0.3, -0.25) is 0 Å². The zero-order valence-corrected chi connectivity index (χ0v) is 7.24. The highest BCUT2D eigenvalue weighted by Crippen LogP contribution is 2.26. The molecule has 0 amide bonds. The summed E-state index contributed by atoms with van der Waals surface area (Å²) in [6.07, 6.45) is -0.424.